The molecule has 16 heavy (non-hydrogen) atoms. The Balaban J connectivity index is 1.87. The average Bonchev–Trinajstić information content (AvgIpc) is 2.79. The van der Waals surface area contributed by atoms with Crippen molar-refractivity contribution in [2.24, 2.45) is 23.7 Å². The molecule has 0 aromatic heterocycles. The summed E-state index contributed by atoms with van der Waals surface area (Å²) in [5, 5.41) is 6.54. The van der Waals surface area contributed by atoms with Crippen LogP contribution in [0.3, 0.4) is 0 Å². The first-order chi connectivity index (χ1) is 7.59. The standard InChI is InChI=1S/C13H24N2O/c1-8-4-5-12(10(8)3)15-13(16)11-7-14-6-9(11)2/h8-12,14H,4-7H2,1-3H3,(H,15,16)/t8?,9-,10?,11-,12?/m1/s1. The van der Waals surface area contributed by atoms with Gasteiger partial charge in [0.15, 0.2) is 0 Å². The van der Waals surface area contributed by atoms with Gasteiger partial charge in [-0.25, -0.2) is 0 Å². The highest BCUT2D eigenvalue weighted by molar-refractivity contribution is 5.79. The van der Waals surface area contributed by atoms with Crippen molar-refractivity contribution in [2.45, 2.75) is 39.7 Å². The van der Waals surface area contributed by atoms with E-state index in [1.165, 1.54) is 6.42 Å². The highest BCUT2D eigenvalue weighted by atomic mass is 16.2. The van der Waals surface area contributed by atoms with Gasteiger partial charge in [-0.2, -0.15) is 0 Å². The summed E-state index contributed by atoms with van der Waals surface area (Å²) in [6.07, 6.45) is 2.41. The molecule has 92 valence electrons. The molecule has 2 fully saturated rings. The van der Waals surface area contributed by atoms with Gasteiger partial charge in [0.1, 0.15) is 0 Å². The van der Waals surface area contributed by atoms with Gasteiger partial charge in [-0.15, -0.1) is 0 Å². The third-order valence-corrected chi connectivity index (χ3v) is 4.65. The van der Waals surface area contributed by atoms with Crippen LogP contribution in [0.4, 0.5) is 0 Å². The zero-order valence-electron chi connectivity index (χ0n) is 10.6. The maximum Gasteiger partial charge on any atom is 0.224 e. The molecule has 2 N–H and O–H groups in total. The maximum atomic E-state index is 12.1. The van der Waals surface area contributed by atoms with Gasteiger partial charge >= 0.3 is 0 Å². The fraction of sp³-hybridized carbons (Fsp3) is 0.923. The topological polar surface area (TPSA) is 41.1 Å². The van der Waals surface area contributed by atoms with Crippen molar-refractivity contribution in [3.05, 3.63) is 0 Å². The fourth-order valence-electron chi connectivity index (χ4n) is 3.02. The fourth-order valence-corrected chi connectivity index (χ4v) is 3.02. The van der Waals surface area contributed by atoms with E-state index in [0.29, 0.717) is 17.9 Å². The first kappa shape index (κ1) is 11.9. The molecule has 1 heterocycles. The largest absolute Gasteiger partial charge is 0.353 e. The molecule has 2 aliphatic rings. The number of hydrogen-bond donors (Lipinski definition) is 2. The van der Waals surface area contributed by atoms with Crippen LogP contribution in [0.5, 0.6) is 0 Å². The smallest absolute Gasteiger partial charge is 0.224 e. The molecule has 3 nitrogen and oxygen atoms in total. The SMILES string of the molecule is CC1CCC(NC(=O)[C@@H]2CNC[C@H]2C)C1C. The molecule has 0 bridgehead atoms. The summed E-state index contributed by atoms with van der Waals surface area (Å²) in [5.41, 5.74) is 0. The molecule has 1 amide bonds. The average molecular weight is 224 g/mol. The van der Waals surface area contributed by atoms with Gasteiger partial charge in [0.2, 0.25) is 5.91 Å². The summed E-state index contributed by atoms with van der Waals surface area (Å²) in [6.45, 7) is 8.54. The van der Waals surface area contributed by atoms with Gasteiger partial charge in [-0.1, -0.05) is 20.8 Å². The normalized spacial score (nSPS) is 43.6. The molecule has 1 saturated carbocycles. The summed E-state index contributed by atoms with van der Waals surface area (Å²) >= 11 is 0. The van der Waals surface area contributed by atoms with Crippen LogP contribution in [-0.4, -0.2) is 25.0 Å². The van der Waals surface area contributed by atoms with Gasteiger partial charge in [0.25, 0.3) is 0 Å². The quantitative estimate of drug-likeness (QED) is 0.744. The van der Waals surface area contributed by atoms with E-state index in [1.54, 1.807) is 0 Å². The monoisotopic (exact) mass is 224 g/mol. The highest BCUT2D eigenvalue weighted by Gasteiger charge is 2.35. The number of amides is 1. The molecule has 2 rings (SSSR count). The Kier molecular flexibility index (Phi) is 3.53. The predicted molar refractivity (Wildman–Crippen MR) is 65.0 cm³/mol. The number of carbonyl (C=O) groups excluding carboxylic acids is 1. The molecule has 1 saturated heterocycles. The lowest BCUT2D eigenvalue weighted by Crippen LogP contribution is -2.42. The van der Waals surface area contributed by atoms with E-state index in [4.69, 9.17) is 0 Å². The zero-order chi connectivity index (χ0) is 11.7. The highest BCUT2D eigenvalue weighted by Crippen LogP contribution is 2.31. The zero-order valence-corrected chi connectivity index (χ0v) is 10.6. The third-order valence-electron chi connectivity index (χ3n) is 4.65. The molecule has 5 atom stereocenters. The van der Waals surface area contributed by atoms with Crippen molar-refractivity contribution in [1.82, 2.24) is 10.6 Å². The second-order valence-electron chi connectivity index (χ2n) is 5.77. The van der Waals surface area contributed by atoms with E-state index >= 15 is 0 Å². The molecule has 0 aromatic carbocycles. The Morgan fingerprint density at radius 2 is 1.88 bits per heavy atom. The third kappa shape index (κ3) is 2.24. The lowest BCUT2D eigenvalue weighted by atomic mass is 9.94. The Morgan fingerprint density at radius 3 is 2.38 bits per heavy atom. The summed E-state index contributed by atoms with van der Waals surface area (Å²) in [7, 11) is 0. The van der Waals surface area contributed by atoms with Crippen molar-refractivity contribution in [1.29, 1.82) is 0 Å². The van der Waals surface area contributed by atoms with Crippen LogP contribution in [0.1, 0.15) is 33.6 Å². The number of rotatable bonds is 2. The minimum Gasteiger partial charge on any atom is -0.353 e. The second-order valence-corrected chi connectivity index (χ2v) is 5.77. The number of carbonyl (C=O) groups is 1. The molecule has 3 heteroatoms. The summed E-state index contributed by atoms with van der Waals surface area (Å²) < 4.78 is 0. The Bertz CT molecular complexity index is 267. The molecule has 0 radical (unpaired) electrons. The van der Waals surface area contributed by atoms with Crippen LogP contribution in [0.15, 0.2) is 0 Å². The first-order valence-corrected chi connectivity index (χ1v) is 6.60. The van der Waals surface area contributed by atoms with Crippen LogP contribution in [0.2, 0.25) is 0 Å². The first-order valence-electron chi connectivity index (χ1n) is 6.60. The van der Waals surface area contributed by atoms with E-state index < -0.39 is 0 Å². The van der Waals surface area contributed by atoms with Crippen LogP contribution < -0.4 is 10.6 Å². The van der Waals surface area contributed by atoms with Crippen molar-refractivity contribution in [2.75, 3.05) is 13.1 Å². The maximum absolute atomic E-state index is 12.1. The van der Waals surface area contributed by atoms with Crippen molar-refractivity contribution < 1.29 is 4.79 Å². The van der Waals surface area contributed by atoms with Gasteiger partial charge in [-0.05, 0) is 37.1 Å². The van der Waals surface area contributed by atoms with Gasteiger partial charge in [0.05, 0.1) is 5.92 Å². The summed E-state index contributed by atoms with van der Waals surface area (Å²) in [4.78, 5) is 12.1. The van der Waals surface area contributed by atoms with Crippen LogP contribution >= 0.6 is 0 Å². The van der Waals surface area contributed by atoms with E-state index in [2.05, 4.69) is 31.4 Å². The summed E-state index contributed by atoms with van der Waals surface area (Å²) in [5.74, 6) is 2.32. The lowest BCUT2D eigenvalue weighted by Gasteiger charge is -2.22. The van der Waals surface area contributed by atoms with E-state index in [-0.39, 0.29) is 11.8 Å². The van der Waals surface area contributed by atoms with E-state index in [1.807, 2.05) is 0 Å². The van der Waals surface area contributed by atoms with Gasteiger partial charge < -0.3 is 10.6 Å². The minimum absolute atomic E-state index is 0.183. The molecular weight excluding hydrogens is 200 g/mol. The van der Waals surface area contributed by atoms with Crippen molar-refractivity contribution in [3.63, 3.8) is 0 Å². The molecule has 1 aliphatic carbocycles. The summed E-state index contributed by atoms with van der Waals surface area (Å²) in [6, 6.07) is 0.412. The van der Waals surface area contributed by atoms with Crippen LogP contribution in [0, 0.1) is 23.7 Å². The van der Waals surface area contributed by atoms with Gasteiger partial charge in [-0.3, -0.25) is 4.79 Å². The Hall–Kier alpha value is -0.570. The van der Waals surface area contributed by atoms with Crippen molar-refractivity contribution >= 4 is 5.91 Å². The molecule has 1 aliphatic heterocycles. The van der Waals surface area contributed by atoms with Gasteiger partial charge in [0, 0.05) is 12.6 Å². The number of nitrogens with one attached hydrogen (secondary N) is 2. The molecular formula is C13H24N2O. The molecule has 0 spiro atoms. The van der Waals surface area contributed by atoms with Crippen LogP contribution in [0.25, 0.3) is 0 Å². The van der Waals surface area contributed by atoms with Crippen LogP contribution in [-0.2, 0) is 4.79 Å². The minimum atomic E-state index is 0.183. The lowest BCUT2D eigenvalue weighted by molar-refractivity contribution is -0.126. The predicted octanol–water partition coefficient (Wildman–Crippen LogP) is 1.39. The van der Waals surface area contributed by atoms with E-state index in [9.17, 15) is 4.79 Å². The Labute approximate surface area is 98.4 Å². The molecule has 3 unspecified atom stereocenters. The molecule has 0 aromatic rings. The number of hydrogen-bond acceptors (Lipinski definition) is 2. The second kappa shape index (κ2) is 4.74. The van der Waals surface area contributed by atoms with Crippen molar-refractivity contribution in [3.8, 4) is 0 Å². The van der Waals surface area contributed by atoms with E-state index in [0.717, 1.165) is 25.4 Å². The Morgan fingerprint density at radius 1 is 1.12 bits per heavy atom.